The Bertz CT molecular complexity index is 415. The number of carbonyl (C=O) groups excluding carboxylic acids is 1. The molecule has 0 heterocycles. The lowest BCUT2D eigenvalue weighted by molar-refractivity contribution is -0.127. The normalized spacial score (nSPS) is 13.1. The summed E-state index contributed by atoms with van der Waals surface area (Å²) in [6.45, 7) is 8.61. The van der Waals surface area contributed by atoms with Crippen LogP contribution in [-0.4, -0.2) is 24.0 Å². The van der Waals surface area contributed by atoms with Crippen LogP contribution in [0.2, 0.25) is 0 Å². The van der Waals surface area contributed by atoms with E-state index in [1.165, 1.54) is 5.56 Å². The standard InChI is InChI=1S/C15H23BrN2O/c1-5-17-15(3,4)14(19)18-11(2)10-12-6-8-13(16)9-7-12/h6-9,11,17H,5,10H2,1-4H3,(H,18,19). The maximum atomic E-state index is 12.1. The fourth-order valence-corrected chi connectivity index (χ4v) is 2.22. The van der Waals surface area contributed by atoms with Crippen LogP contribution in [0.15, 0.2) is 28.7 Å². The molecule has 1 aromatic carbocycles. The number of halogens is 1. The van der Waals surface area contributed by atoms with Crippen LogP contribution in [0.4, 0.5) is 0 Å². The molecule has 0 radical (unpaired) electrons. The Morgan fingerprint density at radius 2 is 1.89 bits per heavy atom. The van der Waals surface area contributed by atoms with E-state index >= 15 is 0 Å². The Kier molecular flexibility index (Phi) is 6.01. The molecular formula is C15H23BrN2O. The highest BCUT2D eigenvalue weighted by molar-refractivity contribution is 9.10. The summed E-state index contributed by atoms with van der Waals surface area (Å²) < 4.78 is 1.07. The second kappa shape index (κ2) is 7.06. The van der Waals surface area contributed by atoms with Crippen molar-refractivity contribution in [2.45, 2.75) is 45.7 Å². The number of likely N-dealkylation sites (N-methyl/N-ethyl adjacent to an activating group) is 1. The molecule has 106 valence electrons. The number of hydrogen-bond acceptors (Lipinski definition) is 2. The molecule has 0 saturated heterocycles. The summed E-state index contributed by atoms with van der Waals surface area (Å²) in [5, 5.41) is 6.23. The molecule has 0 aliphatic rings. The number of amides is 1. The molecule has 19 heavy (non-hydrogen) atoms. The zero-order chi connectivity index (χ0) is 14.5. The van der Waals surface area contributed by atoms with Gasteiger partial charge in [-0.25, -0.2) is 0 Å². The van der Waals surface area contributed by atoms with Crippen molar-refractivity contribution in [3.63, 3.8) is 0 Å². The van der Waals surface area contributed by atoms with Gasteiger partial charge in [0.2, 0.25) is 5.91 Å². The average molecular weight is 327 g/mol. The first-order valence-corrected chi connectivity index (χ1v) is 7.45. The minimum absolute atomic E-state index is 0.0407. The molecular weight excluding hydrogens is 304 g/mol. The van der Waals surface area contributed by atoms with Crippen molar-refractivity contribution in [2.24, 2.45) is 0 Å². The van der Waals surface area contributed by atoms with Gasteiger partial charge in [-0.3, -0.25) is 4.79 Å². The molecule has 4 heteroatoms. The van der Waals surface area contributed by atoms with E-state index in [1.54, 1.807) is 0 Å². The Morgan fingerprint density at radius 1 is 1.32 bits per heavy atom. The molecule has 1 aromatic rings. The van der Waals surface area contributed by atoms with Crippen LogP contribution in [0, 0.1) is 0 Å². The summed E-state index contributed by atoms with van der Waals surface area (Å²) in [7, 11) is 0. The zero-order valence-corrected chi connectivity index (χ0v) is 13.7. The first kappa shape index (κ1) is 16.2. The second-order valence-electron chi connectivity index (χ2n) is 5.36. The van der Waals surface area contributed by atoms with Crippen LogP contribution < -0.4 is 10.6 Å². The smallest absolute Gasteiger partial charge is 0.239 e. The minimum atomic E-state index is -0.525. The highest BCUT2D eigenvalue weighted by Gasteiger charge is 2.26. The lowest BCUT2D eigenvalue weighted by Crippen LogP contribution is -2.54. The highest BCUT2D eigenvalue weighted by Crippen LogP contribution is 2.12. The number of nitrogens with one attached hydrogen (secondary N) is 2. The fourth-order valence-electron chi connectivity index (χ4n) is 1.95. The van der Waals surface area contributed by atoms with E-state index in [9.17, 15) is 4.79 Å². The van der Waals surface area contributed by atoms with E-state index < -0.39 is 5.54 Å². The molecule has 1 unspecified atom stereocenters. The molecule has 0 aliphatic heterocycles. The molecule has 0 aromatic heterocycles. The summed E-state index contributed by atoms with van der Waals surface area (Å²) in [6.07, 6.45) is 0.835. The number of rotatable bonds is 6. The number of benzene rings is 1. The molecule has 0 spiro atoms. The van der Waals surface area contributed by atoms with Crippen molar-refractivity contribution in [3.05, 3.63) is 34.3 Å². The fraction of sp³-hybridized carbons (Fsp3) is 0.533. The third-order valence-corrected chi connectivity index (χ3v) is 3.55. The topological polar surface area (TPSA) is 41.1 Å². The van der Waals surface area contributed by atoms with Crippen molar-refractivity contribution >= 4 is 21.8 Å². The summed E-state index contributed by atoms with van der Waals surface area (Å²) >= 11 is 3.42. The van der Waals surface area contributed by atoms with Crippen molar-refractivity contribution < 1.29 is 4.79 Å². The van der Waals surface area contributed by atoms with Gasteiger partial charge in [0.05, 0.1) is 5.54 Å². The van der Waals surface area contributed by atoms with E-state index in [0.717, 1.165) is 17.4 Å². The second-order valence-corrected chi connectivity index (χ2v) is 6.28. The van der Waals surface area contributed by atoms with Crippen molar-refractivity contribution in [1.29, 1.82) is 0 Å². The summed E-state index contributed by atoms with van der Waals surface area (Å²) in [5.41, 5.74) is 0.695. The Balaban J connectivity index is 2.53. The lowest BCUT2D eigenvalue weighted by Gasteiger charge is -2.26. The molecule has 1 atom stereocenters. The first-order chi connectivity index (χ1) is 8.85. The van der Waals surface area contributed by atoms with E-state index in [2.05, 4.69) is 38.7 Å². The molecule has 0 aliphatic carbocycles. The van der Waals surface area contributed by atoms with Gasteiger partial charge in [0.1, 0.15) is 0 Å². The maximum absolute atomic E-state index is 12.1. The van der Waals surface area contributed by atoms with Crippen LogP contribution in [0.5, 0.6) is 0 Å². The SMILES string of the molecule is CCNC(C)(C)C(=O)NC(C)Cc1ccc(Br)cc1. The Labute approximate surface area is 124 Å². The van der Waals surface area contributed by atoms with Crippen molar-refractivity contribution in [1.82, 2.24) is 10.6 Å². The number of hydrogen-bond donors (Lipinski definition) is 2. The quantitative estimate of drug-likeness (QED) is 0.844. The van der Waals surface area contributed by atoms with Gasteiger partial charge < -0.3 is 10.6 Å². The van der Waals surface area contributed by atoms with Crippen molar-refractivity contribution in [3.8, 4) is 0 Å². The van der Waals surface area contributed by atoms with Gasteiger partial charge in [0, 0.05) is 10.5 Å². The predicted molar refractivity (Wildman–Crippen MR) is 83.2 cm³/mol. The minimum Gasteiger partial charge on any atom is -0.352 e. The van der Waals surface area contributed by atoms with Crippen molar-refractivity contribution in [2.75, 3.05) is 6.54 Å². The number of carbonyl (C=O) groups is 1. The molecule has 2 N–H and O–H groups in total. The third-order valence-electron chi connectivity index (χ3n) is 3.02. The molecule has 1 rings (SSSR count). The predicted octanol–water partition coefficient (Wildman–Crippen LogP) is 2.88. The van der Waals surface area contributed by atoms with Crippen LogP contribution >= 0.6 is 15.9 Å². The monoisotopic (exact) mass is 326 g/mol. The summed E-state index contributed by atoms with van der Waals surface area (Å²) in [6, 6.07) is 8.30. The molecule has 0 saturated carbocycles. The molecule has 0 fully saturated rings. The molecule has 3 nitrogen and oxygen atoms in total. The van der Waals surface area contributed by atoms with E-state index in [1.807, 2.05) is 39.8 Å². The highest BCUT2D eigenvalue weighted by atomic mass is 79.9. The van der Waals surface area contributed by atoms with Crippen LogP contribution in [0.25, 0.3) is 0 Å². The van der Waals surface area contributed by atoms with Crippen LogP contribution in [0.1, 0.15) is 33.3 Å². The van der Waals surface area contributed by atoms with Crippen LogP contribution in [0.3, 0.4) is 0 Å². The van der Waals surface area contributed by atoms with Gasteiger partial charge in [0.15, 0.2) is 0 Å². The van der Waals surface area contributed by atoms with Gasteiger partial charge >= 0.3 is 0 Å². The largest absolute Gasteiger partial charge is 0.352 e. The van der Waals surface area contributed by atoms with Crippen LogP contribution in [-0.2, 0) is 11.2 Å². The van der Waals surface area contributed by atoms with Gasteiger partial charge in [-0.2, -0.15) is 0 Å². The van der Waals surface area contributed by atoms with Gasteiger partial charge in [-0.05, 0) is 51.4 Å². The Hall–Kier alpha value is -0.870. The van der Waals surface area contributed by atoms with E-state index in [4.69, 9.17) is 0 Å². The average Bonchev–Trinajstić information content (AvgIpc) is 2.32. The van der Waals surface area contributed by atoms with E-state index in [-0.39, 0.29) is 11.9 Å². The van der Waals surface area contributed by atoms with Gasteiger partial charge in [-0.15, -0.1) is 0 Å². The van der Waals surface area contributed by atoms with Gasteiger partial charge in [-0.1, -0.05) is 35.0 Å². The van der Waals surface area contributed by atoms with E-state index in [0.29, 0.717) is 0 Å². The van der Waals surface area contributed by atoms with Gasteiger partial charge in [0.25, 0.3) is 0 Å². The first-order valence-electron chi connectivity index (χ1n) is 6.65. The third kappa shape index (κ3) is 5.33. The summed E-state index contributed by atoms with van der Waals surface area (Å²) in [4.78, 5) is 12.1. The summed E-state index contributed by atoms with van der Waals surface area (Å²) in [5.74, 6) is 0.0407. The molecule has 1 amide bonds. The zero-order valence-electron chi connectivity index (χ0n) is 12.1. The maximum Gasteiger partial charge on any atom is 0.239 e. The Morgan fingerprint density at radius 3 is 2.42 bits per heavy atom. The molecule has 0 bridgehead atoms. The lowest BCUT2D eigenvalue weighted by atomic mass is 10.0.